The van der Waals surface area contributed by atoms with E-state index in [0.717, 1.165) is 53.3 Å². The van der Waals surface area contributed by atoms with Crippen LogP contribution in [0, 0.1) is 6.92 Å². The quantitative estimate of drug-likeness (QED) is 0.862. The van der Waals surface area contributed by atoms with Crippen molar-refractivity contribution in [2.75, 3.05) is 13.1 Å². The predicted molar refractivity (Wildman–Crippen MR) is 115 cm³/mol. The van der Waals surface area contributed by atoms with Crippen molar-refractivity contribution in [3.63, 3.8) is 0 Å². The zero-order chi connectivity index (χ0) is 19.8. The Morgan fingerprint density at radius 3 is 2.90 bits per heavy atom. The number of nitrogens with zero attached hydrogens (tertiary/aromatic N) is 3. The van der Waals surface area contributed by atoms with E-state index in [0.29, 0.717) is 0 Å². The fourth-order valence-electron chi connectivity index (χ4n) is 3.88. The lowest BCUT2D eigenvalue weighted by Crippen LogP contribution is -2.27. The lowest BCUT2D eigenvalue weighted by molar-refractivity contribution is -0.122. The Balaban J connectivity index is 1.51. The molecule has 29 heavy (non-hydrogen) atoms. The number of pyridine rings is 1. The van der Waals surface area contributed by atoms with Crippen LogP contribution < -0.4 is 5.32 Å². The van der Waals surface area contributed by atoms with Crippen molar-refractivity contribution in [3.05, 3.63) is 101 Å². The number of amides is 1. The maximum absolute atomic E-state index is 13.1. The Bertz CT molecular complexity index is 1190. The van der Waals surface area contributed by atoms with Gasteiger partial charge in [0.05, 0.1) is 5.69 Å². The first kappa shape index (κ1) is 17.6. The summed E-state index contributed by atoms with van der Waals surface area (Å²) in [7, 11) is 0. The third kappa shape index (κ3) is 3.41. The number of nitrogens with one attached hydrogen (secondary N) is 1. The molecule has 0 atom stereocenters. The summed E-state index contributed by atoms with van der Waals surface area (Å²) in [4.78, 5) is 19.3. The largest absolute Gasteiger partial charge is 0.313 e. The van der Waals surface area contributed by atoms with Crippen molar-refractivity contribution < 1.29 is 4.79 Å². The summed E-state index contributed by atoms with van der Waals surface area (Å²) in [6.45, 7) is 3.82. The van der Waals surface area contributed by atoms with Gasteiger partial charge in [-0.15, -0.1) is 0 Å². The molecule has 144 valence electrons. The molecular weight excluding hydrogens is 360 g/mol. The second kappa shape index (κ2) is 7.18. The Hall–Kier alpha value is -3.44. The number of carbonyl (C=O) groups is 1. The minimum Gasteiger partial charge on any atom is -0.313 e. The Morgan fingerprint density at radius 2 is 2.03 bits per heavy atom. The van der Waals surface area contributed by atoms with E-state index >= 15 is 0 Å². The minimum absolute atomic E-state index is 0.0473. The normalized spacial score (nSPS) is 21.0. The maximum Gasteiger partial charge on any atom is 0.255 e. The highest BCUT2D eigenvalue weighted by Gasteiger charge is 2.20. The number of allylic oxidation sites excluding steroid dienone is 7. The van der Waals surface area contributed by atoms with Crippen LogP contribution in [-0.2, 0) is 4.79 Å². The van der Waals surface area contributed by atoms with Crippen LogP contribution in [0.5, 0.6) is 0 Å². The molecule has 2 aromatic rings. The lowest BCUT2D eigenvalue weighted by atomic mass is 9.97. The fourth-order valence-corrected chi connectivity index (χ4v) is 3.88. The summed E-state index contributed by atoms with van der Waals surface area (Å²) < 4.78 is 2.00. The molecule has 5 heterocycles. The van der Waals surface area contributed by atoms with Crippen molar-refractivity contribution in [2.45, 2.75) is 13.3 Å². The van der Waals surface area contributed by atoms with Crippen LogP contribution in [0.15, 0.2) is 90.1 Å². The highest BCUT2D eigenvalue weighted by Crippen LogP contribution is 2.27. The summed E-state index contributed by atoms with van der Waals surface area (Å²) in [5.41, 5.74) is 7.00. The highest BCUT2D eigenvalue weighted by molar-refractivity contribution is 6.00. The molecule has 0 unspecified atom stereocenters. The average molecular weight is 382 g/mol. The Kier molecular flexibility index (Phi) is 4.37. The van der Waals surface area contributed by atoms with E-state index in [1.807, 2.05) is 66.4 Å². The highest BCUT2D eigenvalue weighted by atomic mass is 16.2. The second-order valence-electron chi connectivity index (χ2n) is 7.43. The molecule has 2 aromatic heterocycles. The van der Waals surface area contributed by atoms with Crippen molar-refractivity contribution >= 4 is 17.1 Å². The van der Waals surface area contributed by atoms with Gasteiger partial charge in [-0.05, 0) is 66.5 Å². The molecule has 0 fully saturated rings. The smallest absolute Gasteiger partial charge is 0.255 e. The summed E-state index contributed by atoms with van der Waals surface area (Å²) in [5, 5.41) is 3.33. The molecule has 0 radical (unpaired) electrons. The molecule has 0 aliphatic carbocycles. The van der Waals surface area contributed by atoms with E-state index in [-0.39, 0.29) is 5.91 Å². The molecular formula is C24H22N4O. The standard InChI is InChI=1S/C24H22N4O/c1-17-14-27-15-20(6-8-23(27)26-17)19-3-2-4-22-7-5-21(16-28(22)24(29)13-19)18-9-11-25-12-10-18/h2-9,13-16,25H,10-12H2,1H3/b3-2?,19-13?,22-4+. The molecule has 0 saturated carbocycles. The monoisotopic (exact) mass is 382 g/mol. The Labute approximate surface area is 169 Å². The molecule has 3 aliphatic heterocycles. The van der Waals surface area contributed by atoms with E-state index in [2.05, 4.69) is 22.5 Å². The van der Waals surface area contributed by atoms with Gasteiger partial charge in [-0.2, -0.15) is 0 Å². The van der Waals surface area contributed by atoms with Gasteiger partial charge in [-0.25, -0.2) is 4.98 Å². The number of carbonyl (C=O) groups excluding carboxylic acids is 1. The number of aryl methyl sites for hydroxylation is 1. The van der Waals surface area contributed by atoms with Crippen LogP contribution in [0.25, 0.3) is 11.2 Å². The van der Waals surface area contributed by atoms with E-state index in [1.54, 1.807) is 11.0 Å². The summed E-state index contributed by atoms with van der Waals surface area (Å²) in [5.74, 6) is -0.0473. The zero-order valence-corrected chi connectivity index (χ0v) is 16.3. The van der Waals surface area contributed by atoms with Gasteiger partial charge in [0.1, 0.15) is 5.65 Å². The SMILES string of the molecule is Cc1cn2cc(C3=CC(=O)N4C=C(C5=CCNCC5)C=C/C4=C\C=C3)ccc2n1. The van der Waals surface area contributed by atoms with Gasteiger partial charge in [-0.1, -0.05) is 24.3 Å². The third-order valence-electron chi connectivity index (χ3n) is 5.38. The summed E-state index contributed by atoms with van der Waals surface area (Å²) >= 11 is 0. The number of hydrogen-bond acceptors (Lipinski definition) is 3. The maximum atomic E-state index is 13.1. The van der Waals surface area contributed by atoms with Crippen LogP contribution in [-0.4, -0.2) is 33.3 Å². The van der Waals surface area contributed by atoms with Gasteiger partial charge in [-0.3, -0.25) is 9.69 Å². The van der Waals surface area contributed by atoms with Gasteiger partial charge < -0.3 is 9.72 Å². The van der Waals surface area contributed by atoms with Crippen LogP contribution >= 0.6 is 0 Å². The van der Waals surface area contributed by atoms with Crippen LogP contribution in [0.1, 0.15) is 17.7 Å². The number of aromatic nitrogens is 2. The van der Waals surface area contributed by atoms with Crippen LogP contribution in [0.4, 0.5) is 0 Å². The fraction of sp³-hybridized carbons (Fsp3) is 0.167. The van der Waals surface area contributed by atoms with Gasteiger partial charge in [0, 0.05) is 36.9 Å². The van der Waals surface area contributed by atoms with E-state index in [9.17, 15) is 4.79 Å². The lowest BCUT2D eigenvalue weighted by Gasteiger charge is -2.26. The van der Waals surface area contributed by atoms with Crippen LogP contribution in [0.3, 0.4) is 0 Å². The molecule has 0 aromatic carbocycles. The van der Waals surface area contributed by atoms with Gasteiger partial charge in [0.15, 0.2) is 0 Å². The number of hydrogen-bond donors (Lipinski definition) is 1. The first-order valence-electron chi connectivity index (χ1n) is 9.86. The number of imidazole rings is 1. The van der Waals surface area contributed by atoms with Crippen molar-refractivity contribution in [2.24, 2.45) is 0 Å². The molecule has 1 amide bonds. The topological polar surface area (TPSA) is 49.6 Å². The molecule has 1 N–H and O–H groups in total. The molecule has 5 nitrogen and oxygen atoms in total. The predicted octanol–water partition coefficient (Wildman–Crippen LogP) is 3.68. The number of rotatable bonds is 2. The van der Waals surface area contributed by atoms with E-state index in [4.69, 9.17) is 0 Å². The van der Waals surface area contributed by atoms with Crippen molar-refractivity contribution in [1.29, 1.82) is 0 Å². The third-order valence-corrected chi connectivity index (χ3v) is 5.38. The van der Waals surface area contributed by atoms with Crippen molar-refractivity contribution in [3.8, 4) is 0 Å². The zero-order valence-electron chi connectivity index (χ0n) is 16.3. The molecule has 0 bridgehead atoms. The second-order valence-corrected chi connectivity index (χ2v) is 7.43. The van der Waals surface area contributed by atoms with E-state index < -0.39 is 0 Å². The van der Waals surface area contributed by atoms with Crippen molar-refractivity contribution in [1.82, 2.24) is 19.6 Å². The molecule has 5 rings (SSSR count). The first-order chi connectivity index (χ1) is 14.2. The molecule has 0 saturated heterocycles. The molecule has 0 spiro atoms. The first-order valence-corrected chi connectivity index (χ1v) is 9.86. The Morgan fingerprint density at radius 1 is 1.10 bits per heavy atom. The average Bonchev–Trinajstić information content (AvgIpc) is 3.11. The molecule has 3 aliphatic rings. The summed E-state index contributed by atoms with van der Waals surface area (Å²) in [6, 6.07) is 3.99. The minimum atomic E-state index is -0.0473. The van der Waals surface area contributed by atoms with Gasteiger partial charge >= 0.3 is 0 Å². The van der Waals surface area contributed by atoms with Gasteiger partial charge in [0.2, 0.25) is 0 Å². The van der Waals surface area contributed by atoms with Gasteiger partial charge in [0.25, 0.3) is 5.91 Å². The summed E-state index contributed by atoms with van der Waals surface area (Å²) in [6.07, 6.45) is 20.9. The van der Waals surface area contributed by atoms with E-state index in [1.165, 1.54) is 5.57 Å². The molecule has 5 heteroatoms. The van der Waals surface area contributed by atoms with Crippen LogP contribution in [0.2, 0.25) is 0 Å². The number of fused-ring (bicyclic) bond motifs is 2.